The van der Waals surface area contributed by atoms with E-state index in [1.165, 1.54) is 22.3 Å². The Morgan fingerprint density at radius 2 is 1.21 bits per heavy atom. The summed E-state index contributed by atoms with van der Waals surface area (Å²) in [5, 5.41) is 0. The van der Waals surface area contributed by atoms with Crippen molar-refractivity contribution in [2.45, 2.75) is 40.5 Å². The highest BCUT2D eigenvalue weighted by Crippen LogP contribution is 2.28. The molecule has 1 heterocycles. The zero-order valence-electron chi connectivity index (χ0n) is 14.9. The van der Waals surface area contributed by atoms with Crippen molar-refractivity contribution in [2.24, 2.45) is 0 Å². The first kappa shape index (κ1) is 16.4. The molecule has 0 aliphatic carbocycles. The van der Waals surface area contributed by atoms with Crippen LogP contribution in [0.2, 0.25) is 0 Å². The molecule has 3 aromatic rings. The summed E-state index contributed by atoms with van der Waals surface area (Å²) in [4.78, 5) is 9.80. The number of rotatable bonds is 4. The van der Waals surface area contributed by atoms with Crippen LogP contribution >= 0.6 is 0 Å². The fraction of sp³-hybridized carbons (Fsp3) is 0.273. The topological polar surface area (TPSA) is 25.8 Å². The fourth-order valence-corrected chi connectivity index (χ4v) is 2.98. The van der Waals surface area contributed by atoms with Crippen molar-refractivity contribution in [1.29, 1.82) is 0 Å². The first-order valence-corrected chi connectivity index (χ1v) is 8.66. The van der Waals surface area contributed by atoms with E-state index in [9.17, 15) is 0 Å². The van der Waals surface area contributed by atoms with Gasteiger partial charge in [0.15, 0.2) is 5.82 Å². The van der Waals surface area contributed by atoms with Crippen LogP contribution in [-0.4, -0.2) is 9.97 Å². The SMILES string of the molecule is CCc1nc(-c2ccc(C)cc2)nc(-c2ccc(C)cc2)c1CC. The summed E-state index contributed by atoms with van der Waals surface area (Å²) in [6.45, 7) is 8.56. The highest BCUT2D eigenvalue weighted by Gasteiger charge is 2.14. The Morgan fingerprint density at radius 3 is 1.71 bits per heavy atom. The molecule has 0 bridgehead atoms. The van der Waals surface area contributed by atoms with Crippen LogP contribution in [0.4, 0.5) is 0 Å². The Morgan fingerprint density at radius 1 is 0.667 bits per heavy atom. The third-order valence-corrected chi connectivity index (χ3v) is 4.42. The lowest BCUT2D eigenvalue weighted by atomic mass is 9.99. The Bertz CT molecular complexity index is 831. The van der Waals surface area contributed by atoms with E-state index in [1.54, 1.807) is 0 Å². The molecule has 0 unspecified atom stereocenters. The van der Waals surface area contributed by atoms with E-state index >= 15 is 0 Å². The molecule has 2 heteroatoms. The van der Waals surface area contributed by atoms with Crippen LogP contribution in [0.3, 0.4) is 0 Å². The lowest BCUT2D eigenvalue weighted by Gasteiger charge is -2.14. The average Bonchev–Trinajstić information content (AvgIpc) is 2.62. The Hall–Kier alpha value is -2.48. The third kappa shape index (κ3) is 3.23. The van der Waals surface area contributed by atoms with E-state index < -0.39 is 0 Å². The molecule has 0 atom stereocenters. The summed E-state index contributed by atoms with van der Waals surface area (Å²) >= 11 is 0. The van der Waals surface area contributed by atoms with Gasteiger partial charge in [0.1, 0.15) is 0 Å². The molecular formula is C22H24N2. The van der Waals surface area contributed by atoms with Crippen LogP contribution in [0.15, 0.2) is 48.5 Å². The van der Waals surface area contributed by atoms with Gasteiger partial charge in [-0.2, -0.15) is 0 Å². The zero-order chi connectivity index (χ0) is 17.1. The van der Waals surface area contributed by atoms with Crippen LogP contribution in [0.5, 0.6) is 0 Å². The molecule has 0 radical (unpaired) electrons. The van der Waals surface area contributed by atoms with Gasteiger partial charge in [-0.25, -0.2) is 9.97 Å². The highest BCUT2D eigenvalue weighted by molar-refractivity contribution is 5.68. The third-order valence-electron chi connectivity index (χ3n) is 4.42. The van der Waals surface area contributed by atoms with E-state index in [0.29, 0.717) is 0 Å². The molecule has 1 aromatic heterocycles. The Balaban J connectivity index is 2.20. The van der Waals surface area contributed by atoms with E-state index in [-0.39, 0.29) is 0 Å². The molecule has 2 aromatic carbocycles. The highest BCUT2D eigenvalue weighted by atomic mass is 14.9. The molecule has 0 aliphatic heterocycles. The van der Waals surface area contributed by atoms with Crippen molar-refractivity contribution >= 4 is 0 Å². The van der Waals surface area contributed by atoms with E-state index in [1.807, 2.05) is 0 Å². The second-order valence-electron chi connectivity index (χ2n) is 6.26. The lowest BCUT2D eigenvalue weighted by molar-refractivity contribution is 0.940. The number of nitrogens with zero attached hydrogens (tertiary/aromatic N) is 2. The molecule has 0 spiro atoms. The van der Waals surface area contributed by atoms with Crippen molar-refractivity contribution in [3.05, 3.63) is 70.9 Å². The first-order valence-electron chi connectivity index (χ1n) is 8.66. The Kier molecular flexibility index (Phi) is 4.75. The molecule has 0 saturated heterocycles. The maximum absolute atomic E-state index is 4.94. The normalized spacial score (nSPS) is 10.8. The van der Waals surface area contributed by atoms with Gasteiger partial charge in [0.25, 0.3) is 0 Å². The van der Waals surface area contributed by atoms with Crippen molar-refractivity contribution in [1.82, 2.24) is 9.97 Å². The molecule has 0 aliphatic rings. The standard InChI is InChI=1S/C22H24N2/c1-5-19-20(6-2)23-22(18-13-9-16(4)10-14-18)24-21(19)17-11-7-15(3)8-12-17/h7-14H,5-6H2,1-4H3. The molecular weight excluding hydrogens is 292 g/mol. The lowest BCUT2D eigenvalue weighted by Crippen LogP contribution is -2.04. The molecule has 0 N–H and O–H groups in total. The average molecular weight is 316 g/mol. The maximum Gasteiger partial charge on any atom is 0.160 e. The molecule has 122 valence electrons. The van der Waals surface area contributed by atoms with Gasteiger partial charge in [0.05, 0.1) is 5.69 Å². The minimum absolute atomic E-state index is 0.819. The fourth-order valence-electron chi connectivity index (χ4n) is 2.98. The maximum atomic E-state index is 4.94. The zero-order valence-corrected chi connectivity index (χ0v) is 14.9. The van der Waals surface area contributed by atoms with Crippen molar-refractivity contribution in [3.63, 3.8) is 0 Å². The number of aromatic nitrogens is 2. The van der Waals surface area contributed by atoms with Gasteiger partial charge in [-0.1, -0.05) is 73.5 Å². The summed E-state index contributed by atoms with van der Waals surface area (Å²) in [6.07, 6.45) is 1.87. The summed E-state index contributed by atoms with van der Waals surface area (Å²) < 4.78 is 0. The smallest absolute Gasteiger partial charge is 0.160 e. The molecule has 0 amide bonds. The predicted molar refractivity (Wildman–Crippen MR) is 101 cm³/mol. The largest absolute Gasteiger partial charge is 0.233 e. The molecule has 0 fully saturated rings. The number of hydrogen-bond donors (Lipinski definition) is 0. The van der Waals surface area contributed by atoms with Crippen LogP contribution < -0.4 is 0 Å². The van der Waals surface area contributed by atoms with Gasteiger partial charge in [-0.05, 0) is 32.3 Å². The second kappa shape index (κ2) is 6.96. The summed E-state index contributed by atoms with van der Waals surface area (Å²) in [5.41, 5.74) is 8.24. The Labute approximate surface area is 144 Å². The van der Waals surface area contributed by atoms with Crippen LogP contribution in [-0.2, 0) is 12.8 Å². The van der Waals surface area contributed by atoms with Gasteiger partial charge < -0.3 is 0 Å². The monoisotopic (exact) mass is 316 g/mol. The van der Waals surface area contributed by atoms with Gasteiger partial charge in [-0.15, -0.1) is 0 Å². The summed E-state index contributed by atoms with van der Waals surface area (Å²) in [5.74, 6) is 0.819. The van der Waals surface area contributed by atoms with Gasteiger partial charge in [-0.3, -0.25) is 0 Å². The number of benzene rings is 2. The minimum Gasteiger partial charge on any atom is -0.233 e. The van der Waals surface area contributed by atoms with Crippen LogP contribution in [0.25, 0.3) is 22.6 Å². The van der Waals surface area contributed by atoms with E-state index in [2.05, 4.69) is 76.2 Å². The van der Waals surface area contributed by atoms with Crippen LogP contribution in [0, 0.1) is 13.8 Å². The van der Waals surface area contributed by atoms with Crippen molar-refractivity contribution in [3.8, 4) is 22.6 Å². The minimum atomic E-state index is 0.819. The molecule has 3 rings (SSSR count). The van der Waals surface area contributed by atoms with Gasteiger partial charge in [0, 0.05) is 16.8 Å². The molecule has 24 heavy (non-hydrogen) atoms. The van der Waals surface area contributed by atoms with E-state index in [4.69, 9.17) is 9.97 Å². The second-order valence-corrected chi connectivity index (χ2v) is 6.26. The van der Waals surface area contributed by atoms with Gasteiger partial charge >= 0.3 is 0 Å². The van der Waals surface area contributed by atoms with Crippen LogP contribution in [0.1, 0.15) is 36.2 Å². The van der Waals surface area contributed by atoms with E-state index in [0.717, 1.165) is 35.6 Å². The first-order chi connectivity index (χ1) is 11.6. The number of hydrogen-bond acceptors (Lipinski definition) is 2. The molecule has 0 saturated carbocycles. The molecule has 2 nitrogen and oxygen atoms in total. The number of aryl methyl sites for hydroxylation is 3. The summed E-state index contributed by atoms with van der Waals surface area (Å²) in [6, 6.07) is 17.1. The summed E-state index contributed by atoms with van der Waals surface area (Å²) in [7, 11) is 0. The van der Waals surface area contributed by atoms with Crippen molar-refractivity contribution < 1.29 is 0 Å². The predicted octanol–water partition coefficient (Wildman–Crippen LogP) is 5.55. The van der Waals surface area contributed by atoms with Gasteiger partial charge in [0.2, 0.25) is 0 Å². The van der Waals surface area contributed by atoms with Crippen molar-refractivity contribution in [2.75, 3.05) is 0 Å². The quantitative estimate of drug-likeness (QED) is 0.630.